The molecule has 1 aromatic carbocycles. The van der Waals surface area contributed by atoms with Crippen LogP contribution in [0.1, 0.15) is 71.4 Å². The van der Waals surface area contributed by atoms with Crippen molar-refractivity contribution in [3.05, 3.63) is 35.4 Å². The minimum atomic E-state index is 0. The van der Waals surface area contributed by atoms with Gasteiger partial charge in [0.15, 0.2) is 0 Å². The zero-order valence-electron chi connectivity index (χ0n) is 11.1. The molecule has 0 aliphatic heterocycles. The Bertz CT molecular complexity index is 339. The molecule has 0 amide bonds. The summed E-state index contributed by atoms with van der Waals surface area (Å²) in [6, 6.07) is 9.38. The summed E-state index contributed by atoms with van der Waals surface area (Å²) < 4.78 is 0. The summed E-state index contributed by atoms with van der Waals surface area (Å²) in [7, 11) is 0. The van der Waals surface area contributed by atoms with Gasteiger partial charge in [-0.3, -0.25) is 0 Å². The van der Waals surface area contributed by atoms with Gasteiger partial charge in [0.05, 0.1) is 0 Å². The van der Waals surface area contributed by atoms with Crippen LogP contribution in [0.5, 0.6) is 0 Å². The van der Waals surface area contributed by atoms with Crippen LogP contribution in [0.15, 0.2) is 24.3 Å². The molecule has 0 saturated heterocycles. The summed E-state index contributed by atoms with van der Waals surface area (Å²) in [6.07, 6.45) is 4.17. The normalized spacial score (nSPS) is 17.8. The molecular formula is C17H28. The first-order valence-electron chi connectivity index (χ1n) is 6.67. The molecule has 17 heavy (non-hydrogen) atoms. The van der Waals surface area contributed by atoms with E-state index in [-0.39, 0.29) is 7.43 Å². The summed E-state index contributed by atoms with van der Waals surface area (Å²) in [5.41, 5.74) is 3.52. The van der Waals surface area contributed by atoms with Gasteiger partial charge in [-0.05, 0) is 41.2 Å². The maximum Gasteiger partial charge on any atom is -0.00240 e. The lowest BCUT2D eigenvalue weighted by Crippen LogP contribution is -2.39. The number of hydrogen-bond acceptors (Lipinski definition) is 0. The van der Waals surface area contributed by atoms with Gasteiger partial charge in [0.25, 0.3) is 0 Å². The molecule has 1 fully saturated rings. The van der Waals surface area contributed by atoms with Crippen molar-refractivity contribution in [1.82, 2.24) is 0 Å². The van der Waals surface area contributed by atoms with E-state index < -0.39 is 0 Å². The van der Waals surface area contributed by atoms with E-state index in [4.69, 9.17) is 0 Å². The van der Waals surface area contributed by atoms with Crippen molar-refractivity contribution in [3.8, 4) is 0 Å². The predicted octanol–water partition coefficient (Wildman–Crippen LogP) is 5.52. The molecular weight excluding hydrogens is 204 g/mol. The third kappa shape index (κ3) is 2.41. The smallest absolute Gasteiger partial charge is 0.00240 e. The minimum absolute atomic E-state index is 0. The van der Waals surface area contributed by atoms with Crippen molar-refractivity contribution in [3.63, 3.8) is 0 Å². The Kier molecular flexibility index (Phi) is 4.41. The lowest BCUT2D eigenvalue weighted by molar-refractivity contribution is 0.169. The molecule has 0 spiro atoms. The topological polar surface area (TPSA) is 0 Å². The molecule has 0 heteroatoms. The van der Waals surface area contributed by atoms with E-state index in [0.29, 0.717) is 11.3 Å². The zero-order chi connectivity index (χ0) is 11.8. The van der Waals surface area contributed by atoms with Crippen LogP contribution in [0.4, 0.5) is 0 Å². The minimum Gasteiger partial charge on any atom is -0.0776 e. The highest BCUT2D eigenvalue weighted by Gasteiger charge is 2.41. The van der Waals surface area contributed by atoms with Gasteiger partial charge in [0.1, 0.15) is 0 Å². The molecule has 0 nitrogen and oxygen atoms in total. The van der Waals surface area contributed by atoms with Crippen LogP contribution in [-0.2, 0) is 5.41 Å². The summed E-state index contributed by atoms with van der Waals surface area (Å²) >= 11 is 0. The van der Waals surface area contributed by atoms with E-state index in [1.54, 1.807) is 5.56 Å². The number of rotatable bonds is 3. The van der Waals surface area contributed by atoms with Crippen molar-refractivity contribution < 1.29 is 0 Å². The fourth-order valence-corrected chi connectivity index (χ4v) is 2.96. The van der Waals surface area contributed by atoms with Crippen molar-refractivity contribution in [2.45, 2.75) is 65.7 Å². The molecule has 0 unspecified atom stereocenters. The first-order chi connectivity index (χ1) is 7.56. The van der Waals surface area contributed by atoms with Crippen LogP contribution in [0.3, 0.4) is 0 Å². The highest BCUT2D eigenvalue weighted by molar-refractivity contribution is 5.32. The van der Waals surface area contributed by atoms with E-state index in [0.717, 1.165) is 5.92 Å². The van der Waals surface area contributed by atoms with Gasteiger partial charge in [-0.25, -0.2) is 0 Å². The molecule has 0 aromatic heterocycles. The third-order valence-electron chi connectivity index (χ3n) is 4.50. The van der Waals surface area contributed by atoms with Gasteiger partial charge in [-0.1, -0.05) is 65.8 Å². The van der Waals surface area contributed by atoms with Crippen LogP contribution in [0, 0.1) is 5.92 Å². The Hall–Kier alpha value is -0.780. The molecule has 0 atom stereocenters. The summed E-state index contributed by atoms with van der Waals surface area (Å²) in [5, 5.41) is 0. The molecule has 2 rings (SSSR count). The number of benzene rings is 1. The highest BCUT2D eigenvalue weighted by Crippen LogP contribution is 2.49. The van der Waals surface area contributed by atoms with Crippen LogP contribution < -0.4 is 0 Å². The molecule has 0 heterocycles. The van der Waals surface area contributed by atoms with Crippen molar-refractivity contribution in [2.75, 3.05) is 0 Å². The maximum atomic E-state index is 2.37. The summed E-state index contributed by atoms with van der Waals surface area (Å²) in [6.45, 7) is 9.26. The van der Waals surface area contributed by atoms with Gasteiger partial charge >= 0.3 is 0 Å². The fraction of sp³-hybridized carbons (Fsp3) is 0.647. The molecule has 0 radical (unpaired) electrons. The van der Waals surface area contributed by atoms with Crippen LogP contribution >= 0.6 is 0 Å². The average molecular weight is 232 g/mol. The van der Waals surface area contributed by atoms with E-state index in [1.807, 2.05) is 0 Å². The van der Waals surface area contributed by atoms with Crippen LogP contribution in [0.2, 0.25) is 0 Å². The standard InChI is InChI=1S/C16H24.CH4/c1-12(2)14-6-8-15(9-7-14)16(13(3)4)10-5-11-16;/h6-9,12-13H,5,10-11H2,1-4H3;1H4. The Morgan fingerprint density at radius 3 is 1.76 bits per heavy atom. The first kappa shape index (κ1) is 14.3. The van der Waals surface area contributed by atoms with E-state index in [1.165, 1.54) is 24.8 Å². The monoisotopic (exact) mass is 232 g/mol. The second kappa shape index (κ2) is 5.25. The second-order valence-corrected chi connectivity index (χ2v) is 5.94. The van der Waals surface area contributed by atoms with Crippen molar-refractivity contribution in [2.24, 2.45) is 5.92 Å². The third-order valence-corrected chi connectivity index (χ3v) is 4.50. The predicted molar refractivity (Wildman–Crippen MR) is 77.6 cm³/mol. The Balaban J connectivity index is 0.00000144. The van der Waals surface area contributed by atoms with Gasteiger partial charge in [-0.15, -0.1) is 0 Å². The second-order valence-electron chi connectivity index (χ2n) is 5.94. The molecule has 1 aliphatic carbocycles. The van der Waals surface area contributed by atoms with Gasteiger partial charge in [0, 0.05) is 0 Å². The zero-order valence-corrected chi connectivity index (χ0v) is 11.1. The largest absolute Gasteiger partial charge is 0.0776 e. The lowest BCUT2D eigenvalue weighted by atomic mass is 9.58. The van der Waals surface area contributed by atoms with Crippen LogP contribution in [0.25, 0.3) is 0 Å². The van der Waals surface area contributed by atoms with E-state index in [9.17, 15) is 0 Å². The van der Waals surface area contributed by atoms with E-state index in [2.05, 4.69) is 52.0 Å². The molecule has 1 aliphatic rings. The average Bonchev–Trinajstić information content (AvgIpc) is 2.16. The van der Waals surface area contributed by atoms with E-state index >= 15 is 0 Å². The Labute approximate surface area is 107 Å². The quantitative estimate of drug-likeness (QED) is 0.643. The lowest BCUT2D eigenvalue weighted by Gasteiger charge is -2.46. The molecule has 1 aromatic rings. The first-order valence-corrected chi connectivity index (χ1v) is 6.67. The van der Waals surface area contributed by atoms with Gasteiger partial charge in [-0.2, -0.15) is 0 Å². The SMILES string of the molecule is C.CC(C)c1ccc(C2(C(C)C)CCC2)cc1. The number of hydrogen-bond donors (Lipinski definition) is 0. The summed E-state index contributed by atoms with van der Waals surface area (Å²) in [4.78, 5) is 0. The van der Waals surface area contributed by atoms with Gasteiger partial charge in [0.2, 0.25) is 0 Å². The van der Waals surface area contributed by atoms with Crippen molar-refractivity contribution >= 4 is 0 Å². The Morgan fingerprint density at radius 1 is 0.941 bits per heavy atom. The molecule has 96 valence electrons. The maximum absolute atomic E-state index is 2.37. The van der Waals surface area contributed by atoms with Gasteiger partial charge < -0.3 is 0 Å². The van der Waals surface area contributed by atoms with Crippen LogP contribution in [-0.4, -0.2) is 0 Å². The Morgan fingerprint density at radius 2 is 1.47 bits per heavy atom. The molecule has 0 bridgehead atoms. The molecule has 1 saturated carbocycles. The fourth-order valence-electron chi connectivity index (χ4n) is 2.96. The highest BCUT2D eigenvalue weighted by atomic mass is 14.4. The molecule has 0 N–H and O–H groups in total. The van der Waals surface area contributed by atoms with Crippen molar-refractivity contribution in [1.29, 1.82) is 0 Å². The summed E-state index contributed by atoms with van der Waals surface area (Å²) in [5.74, 6) is 1.41.